The molecule has 0 N–H and O–H groups in total. The van der Waals surface area contributed by atoms with E-state index in [1.807, 2.05) is 25.4 Å². The van der Waals surface area contributed by atoms with Crippen molar-refractivity contribution in [3.8, 4) is 17.0 Å². The van der Waals surface area contributed by atoms with Crippen LogP contribution in [0.4, 0.5) is 0 Å². The number of ether oxygens (including phenoxy) is 2. The highest BCUT2D eigenvalue weighted by Gasteiger charge is 2.16. The fraction of sp³-hybridized carbons (Fsp3) is 0.500. The summed E-state index contributed by atoms with van der Waals surface area (Å²) in [5, 5.41) is 0.813. The van der Waals surface area contributed by atoms with Crippen molar-refractivity contribution in [2.24, 2.45) is 13.0 Å². The zero-order valence-corrected chi connectivity index (χ0v) is 18.7. The summed E-state index contributed by atoms with van der Waals surface area (Å²) in [6, 6.07) is 6.08. The Morgan fingerprint density at radius 2 is 2.10 bits per heavy atom. The molecule has 0 saturated carbocycles. The van der Waals surface area contributed by atoms with E-state index < -0.39 is 0 Å². The first-order chi connectivity index (χ1) is 14.7. The Hall–Kier alpha value is -2.18. The first kappa shape index (κ1) is 21.1. The number of rotatable bonds is 8. The zero-order valence-electron chi connectivity index (χ0n) is 17.9. The van der Waals surface area contributed by atoms with Crippen LogP contribution in [-0.2, 0) is 18.2 Å². The molecule has 3 aromatic heterocycles. The van der Waals surface area contributed by atoms with Crippen LogP contribution in [-0.4, -0.2) is 29.4 Å². The molecule has 160 valence electrons. The highest BCUT2D eigenvalue weighted by atomic mass is 32.1. The second kappa shape index (κ2) is 9.75. The van der Waals surface area contributed by atoms with Crippen molar-refractivity contribution < 1.29 is 9.47 Å². The van der Waals surface area contributed by atoms with Crippen LogP contribution >= 0.6 is 11.3 Å². The molecule has 0 aromatic carbocycles. The fourth-order valence-electron chi connectivity index (χ4n) is 3.95. The van der Waals surface area contributed by atoms with Crippen LogP contribution in [0.5, 0.6) is 5.88 Å². The minimum absolute atomic E-state index is 0.0665. The van der Waals surface area contributed by atoms with E-state index in [9.17, 15) is 4.79 Å². The molecule has 6 heteroatoms. The standard InChI is InChI=1S/C24H30N2O3S/c1-3-4-5-6-19-14-20-23(30-19)21(15-26(2)24(20)27)18-7-10-25-22(13-18)29-16-17-8-11-28-12-9-17/h7,10,13-15,17H,3-6,8-9,11-12,16H2,1-2H3. The average molecular weight is 427 g/mol. The Bertz CT molecular complexity index is 1050. The summed E-state index contributed by atoms with van der Waals surface area (Å²) in [4.78, 5) is 18.4. The number of hydrogen-bond donors (Lipinski definition) is 0. The summed E-state index contributed by atoms with van der Waals surface area (Å²) in [5.74, 6) is 1.16. The highest BCUT2D eigenvalue weighted by molar-refractivity contribution is 7.19. The number of thiophene rings is 1. The van der Waals surface area contributed by atoms with Gasteiger partial charge in [0.25, 0.3) is 5.56 Å². The molecule has 3 aromatic rings. The predicted molar refractivity (Wildman–Crippen MR) is 123 cm³/mol. The van der Waals surface area contributed by atoms with Crippen molar-refractivity contribution in [3.63, 3.8) is 0 Å². The number of hydrogen-bond acceptors (Lipinski definition) is 5. The van der Waals surface area contributed by atoms with Gasteiger partial charge in [-0.15, -0.1) is 11.3 Å². The van der Waals surface area contributed by atoms with E-state index >= 15 is 0 Å². The first-order valence-electron chi connectivity index (χ1n) is 10.9. The maximum atomic E-state index is 12.7. The molecule has 0 radical (unpaired) electrons. The van der Waals surface area contributed by atoms with E-state index in [2.05, 4.69) is 18.0 Å². The minimum atomic E-state index is 0.0665. The number of aryl methyl sites for hydroxylation is 2. The van der Waals surface area contributed by atoms with Gasteiger partial charge in [-0.05, 0) is 49.3 Å². The van der Waals surface area contributed by atoms with Crippen LogP contribution in [0.2, 0.25) is 0 Å². The van der Waals surface area contributed by atoms with Crippen molar-refractivity contribution in [1.29, 1.82) is 0 Å². The summed E-state index contributed by atoms with van der Waals surface area (Å²) < 4.78 is 14.2. The van der Waals surface area contributed by atoms with Crippen molar-refractivity contribution in [2.45, 2.75) is 45.4 Å². The SMILES string of the molecule is CCCCCc1cc2c(=O)n(C)cc(-c3ccnc(OCC4CCOCC4)c3)c2s1. The van der Waals surface area contributed by atoms with Crippen molar-refractivity contribution in [2.75, 3.05) is 19.8 Å². The van der Waals surface area contributed by atoms with Crippen molar-refractivity contribution in [3.05, 3.63) is 45.8 Å². The van der Waals surface area contributed by atoms with Gasteiger partial charge in [-0.1, -0.05) is 19.8 Å². The van der Waals surface area contributed by atoms with Gasteiger partial charge >= 0.3 is 0 Å². The number of aromatic nitrogens is 2. The summed E-state index contributed by atoms with van der Waals surface area (Å²) in [6.45, 7) is 4.51. The summed E-state index contributed by atoms with van der Waals surface area (Å²) in [7, 11) is 1.82. The van der Waals surface area contributed by atoms with E-state index in [0.717, 1.165) is 53.7 Å². The van der Waals surface area contributed by atoms with Crippen LogP contribution in [0.15, 0.2) is 35.4 Å². The second-order valence-corrected chi connectivity index (χ2v) is 9.26. The molecule has 0 aliphatic carbocycles. The Balaban J connectivity index is 1.61. The second-order valence-electron chi connectivity index (χ2n) is 8.12. The van der Waals surface area contributed by atoms with E-state index in [4.69, 9.17) is 9.47 Å². The lowest BCUT2D eigenvalue weighted by atomic mass is 10.0. The van der Waals surface area contributed by atoms with Crippen LogP contribution in [0.25, 0.3) is 21.2 Å². The molecule has 4 heterocycles. The molecule has 0 bridgehead atoms. The third kappa shape index (κ3) is 4.76. The van der Waals surface area contributed by atoms with Gasteiger partial charge in [0.2, 0.25) is 5.88 Å². The molecule has 4 rings (SSSR count). The van der Waals surface area contributed by atoms with Gasteiger partial charge in [0, 0.05) is 53.9 Å². The van der Waals surface area contributed by atoms with E-state index in [0.29, 0.717) is 18.4 Å². The Labute approximate surface area is 181 Å². The molecular weight excluding hydrogens is 396 g/mol. The maximum Gasteiger partial charge on any atom is 0.259 e. The molecule has 0 amide bonds. The summed E-state index contributed by atoms with van der Waals surface area (Å²) in [6.07, 6.45) is 10.4. The molecule has 1 aliphatic heterocycles. The third-order valence-electron chi connectivity index (χ3n) is 5.78. The maximum absolute atomic E-state index is 12.7. The van der Waals surface area contributed by atoms with Crippen LogP contribution in [0.3, 0.4) is 0 Å². The third-order valence-corrected chi connectivity index (χ3v) is 7.01. The predicted octanol–water partition coefficient (Wildman–Crippen LogP) is 5.20. The Kier molecular flexibility index (Phi) is 6.85. The quantitative estimate of drug-likeness (QED) is 0.465. The van der Waals surface area contributed by atoms with Crippen molar-refractivity contribution >= 4 is 21.4 Å². The number of unbranched alkanes of at least 4 members (excludes halogenated alkanes) is 2. The van der Waals surface area contributed by atoms with Gasteiger partial charge in [-0.2, -0.15) is 0 Å². The summed E-state index contributed by atoms with van der Waals surface area (Å²) in [5.41, 5.74) is 2.17. The molecule has 30 heavy (non-hydrogen) atoms. The lowest BCUT2D eigenvalue weighted by molar-refractivity contribution is 0.0490. The molecule has 1 aliphatic rings. The molecule has 1 fully saturated rings. The van der Waals surface area contributed by atoms with Gasteiger partial charge in [0.15, 0.2) is 0 Å². The molecule has 1 saturated heterocycles. The monoisotopic (exact) mass is 426 g/mol. The van der Waals surface area contributed by atoms with E-state index in [1.54, 1.807) is 22.1 Å². The normalized spacial score (nSPS) is 15.0. The van der Waals surface area contributed by atoms with Gasteiger partial charge in [-0.3, -0.25) is 4.79 Å². The van der Waals surface area contributed by atoms with Gasteiger partial charge in [-0.25, -0.2) is 4.98 Å². The Morgan fingerprint density at radius 3 is 2.90 bits per heavy atom. The number of pyridine rings is 2. The smallest absolute Gasteiger partial charge is 0.259 e. The Morgan fingerprint density at radius 1 is 1.27 bits per heavy atom. The summed E-state index contributed by atoms with van der Waals surface area (Å²) >= 11 is 1.75. The lowest BCUT2D eigenvalue weighted by Gasteiger charge is -2.21. The zero-order chi connectivity index (χ0) is 20.9. The highest BCUT2D eigenvalue weighted by Crippen LogP contribution is 2.34. The molecule has 0 atom stereocenters. The first-order valence-corrected chi connectivity index (χ1v) is 11.8. The topological polar surface area (TPSA) is 53.4 Å². The molecule has 0 spiro atoms. The lowest BCUT2D eigenvalue weighted by Crippen LogP contribution is -2.21. The number of nitrogens with zero attached hydrogens (tertiary/aromatic N) is 2. The largest absolute Gasteiger partial charge is 0.477 e. The molecule has 5 nitrogen and oxygen atoms in total. The van der Waals surface area contributed by atoms with Crippen molar-refractivity contribution in [1.82, 2.24) is 9.55 Å². The fourth-order valence-corrected chi connectivity index (χ4v) is 5.17. The van der Waals surface area contributed by atoms with Crippen LogP contribution < -0.4 is 10.3 Å². The molecule has 0 unspecified atom stereocenters. The van der Waals surface area contributed by atoms with Crippen LogP contribution in [0.1, 0.15) is 43.9 Å². The average Bonchev–Trinajstić information content (AvgIpc) is 3.20. The van der Waals surface area contributed by atoms with Gasteiger partial charge in [0.05, 0.1) is 12.0 Å². The van der Waals surface area contributed by atoms with E-state index in [1.165, 1.54) is 24.1 Å². The number of fused-ring (bicyclic) bond motifs is 1. The van der Waals surface area contributed by atoms with Gasteiger partial charge < -0.3 is 14.0 Å². The van der Waals surface area contributed by atoms with E-state index in [-0.39, 0.29) is 5.56 Å². The minimum Gasteiger partial charge on any atom is -0.477 e. The molecular formula is C24H30N2O3S. The van der Waals surface area contributed by atoms with Gasteiger partial charge in [0.1, 0.15) is 0 Å². The van der Waals surface area contributed by atoms with Crippen LogP contribution in [0, 0.1) is 5.92 Å².